The molecule has 2 rings (SSSR count). The first-order valence-electron chi connectivity index (χ1n) is 5.39. The largest absolute Gasteiger partial charge is 0.326 e. The van der Waals surface area contributed by atoms with Gasteiger partial charge in [0.1, 0.15) is 0 Å². The molecular formula is C13H14N2OS. The van der Waals surface area contributed by atoms with Gasteiger partial charge in [-0.25, -0.2) is 4.98 Å². The lowest BCUT2D eigenvalue weighted by atomic mass is 10.1. The summed E-state index contributed by atoms with van der Waals surface area (Å²) in [6.07, 6.45) is 0.330. The van der Waals surface area contributed by atoms with Crippen LogP contribution in [0.3, 0.4) is 0 Å². The number of nitrogens with zero attached hydrogens (tertiary/aromatic N) is 1. The van der Waals surface area contributed by atoms with Gasteiger partial charge in [-0.3, -0.25) is 4.79 Å². The topological polar surface area (TPSA) is 42.0 Å². The van der Waals surface area contributed by atoms with E-state index in [0.717, 1.165) is 16.9 Å². The van der Waals surface area contributed by atoms with Crippen molar-refractivity contribution in [1.29, 1.82) is 0 Å². The Balaban J connectivity index is 2.03. The summed E-state index contributed by atoms with van der Waals surface area (Å²) in [6, 6.07) is 5.98. The first kappa shape index (κ1) is 11.8. The van der Waals surface area contributed by atoms with Gasteiger partial charge in [0.25, 0.3) is 0 Å². The maximum Gasteiger partial charge on any atom is 0.230 e. The zero-order valence-corrected chi connectivity index (χ0v) is 10.7. The van der Waals surface area contributed by atoms with Crippen molar-refractivity contribution in [2.75, 3.05) is 5.32 Å². The number of carbonyl (C=O) groups is 1. The Hall–Kier alpha value is -1.68. The first-order chi connectivity index (χ1) is 8.15. The number of amides is 1. The molecule has 1 aromatic carbocycles. The normalized spacial score (nSPS) is 10.2. The number of thiazole rings is 1. The van der Waals surface area contributed by atoms with Crippen LogP contribution in [0.25, 0.3) is 0 Å². The molecule has 4 heteroatoms. The van der Waals surface area contributed by atoms with E-state index >= 15 is 0 Å². The van der Waals surface area contributed by atoms with E-state index in [0.29, 0.717) is 6.42 Å². The van der Waals surface area contributed by atoms with Gasteiger partial charge in [0, 0.05) is 11.1 Å². The van der Waals surface area contributed by atoms with E-state index in [9.17, 15) is 4.79 Å². The van der Waals surface area contributed by atoms with Crippen LogP contribution in [0.2, 0.25) is 0 Å². The molecule has 88 valence electrons. The molecule has 0 aliphatic rings. The molecule has 3 nitrogen and oxygen atoms in total. The Morgan fingerprint density at radius 2 is 2.24 bits per heavy atom. The third-order valence-corrected chi connectivity index (χ3v) is 3.12. The summed E-state index contributed by atoms with van der Waals surface area (Å²) in [5, 5.41) is 4.79. The van der Waals surface area contributed by atoms with Crippen LogP contribution < -0.4 is 5.32 Å². The number of aromatic nitrogens is 1. The molecule has 1 N–H and O–H groups in total. The molecule has 0 aliphatic heterocycles. The second-order valence-corrected chi connectivity index (χ2v) is 4.74. The van der Waals surface area contributed by atoms with E-state index in [1.54, 1.807) is 5.51 Å². The summed E-state index contributed by atoms with van der Waals surface area (Å²) in [4.78, 5) is 15.9. The Labute approximate surface area is 105 Å². The minimum absolute atomic E-state index is 0.0251. The number of aryl methyl sites for hydroxylation is 2. The number of rotatable bonds is 3. The van der Waals surface area contributed by atoms with Crippen LogP contribution in [-0.2, 0) is 11.2 Å². The predicted molar refractivity (Wildman–Crippen MR) is 70.4 cm³/mol. The first-order valence-corrected chi connectivity index (χ1v) is 6.33. The van der Waals surface area contributed by atoms with Gasteiger partial charge in [-0.2, -0.15) is 0 Å². The molecule has 2 aromatic rings. The molecule has 0 atom stereocenters. The number of benzene rings is 1. The van der Waals surface area contributed by atoms with Crippen molar-refractivity contribution in [3.63, 3.8) is 0 Å². The average Bonchev–Trinajstić information content (AvgIpc) is 2.75. The highest BCUT2D eigenvalue weighted by Crippen LogP contribution is 2.16. The molecule has 0 unspecified atom stereocenters. The summed E-state index contributed by atoms with van der Waals surface area (Å²) in [5.74, 6) is -0.0251. The molecule has 0 radical (unpaired) electrons. The summed E-state index contributed by atoms with van der Waals surface area (Å²) in [6.45, 7) is 4.03. The van der Waals surface area contributed by atoms with E-state index in [-0.39, 0.29) is 5.91 Å². The average molecular weight is 246 g/mol. The Morgan fingerprint density at radius 1 is 1.41 bits per heavy atom. The SMILES string of the molecule is Cc1ccc(NC(=O)Cc2cscn2)c(C)c1. The number of anilines is 1. The lowest BCUT2D eigenvalue weighted by molar-refractivity contribution is -0.115. The number of nitrogens with one attached hydrogen (secondary N) is 1. The highest BCUT2D eigenvalue weighted by atomic mass is 32.1. The lowest BCUT2D eigenvalue weighted by Crippen LogP contribution is -2.15. The third-order valence-electron chi connectivity index (χ3n) is 2.48. The molecule has 1 aromatic heterocycles. The molecule has 0 bridgehead atoms. The second kappa shape index (κ2) is 5.10. The van der Waals surface area contributed by atoms with Gasteiger partial charge < -0.3 is 5.32 Å². The van der Waals surface area contributed by atoms with Crippen LogP contribution in [0.4, 0.5) is 5.69 Å². The number of hydrogen-bond donors (Lipinski definition) is 1. The molecule has 0 fully saturated rings. The maximum atomic E-state index is 11.8. The molecule has 17 heavy (non-hydrogen) atoms. The molecule has 0 saturated heterocycles. The zero-order chi connectivity index (χ0) is 12.3. The number of carbonyl (C=O) groups excluding carboxylic acids is 1. The number of hydrogen-bond acceptors (Lipinski definition) is 3. The minimum Gasteiger partial charge on any atom is -0.326 e. The second-order valence-electron chi connectivity index (χ2n) is 4.02. The molecule has 1 amide bonds. The molecule has 0 spiro atoms. The Kier molecular flexibility index (Phi) is 3.54. The van der Waals surface area contributed by atoms with E-state index in [4.69, 9.17) is 0 Å². The fourth-order valence-electron chi connectivity index (χ4n) is 1.64. The van der Waals surface area contributed by atoms with Crippen molar-refractivity contribution in [2.45, 2.75) is 20.3 Å². The van der Waals surface area contributed by atoms with Crippen molar-refractivity contribution in [2.24, 2.45) is 0 Å². The predicted octanol–water partition coefficient (Wildman–Crippen LogP) is 2.94. The molecule has 0 aliphatic carbocycles. The van der Waals surface area contributed by atoms with Gasteiger partial charge in [-0.05, 0) is 25.5 Å². The van der Waals surface area contributed by atoms with Gasteiger partial charge in [0.15, 0.2) is 0 Å². The highest BCUT2D eigenvalue weighted by molar-refractivity contribution is 7.07. The van der Waals surface area contributed by atoms with Gasteiger partial charge in [-0.15, -0.1) is 11.3 Å². The fourth-order valence-corrected chi connectivity index (χ4v) is 2.20. The van der Waals surface area contributed by atoms with Gasteiger partial charge in [0.2, 0.25) is 5.91 Å². The van der Waals surface area contributed by atoms with E-state index in [1.165, 1.54) is 16.9 Å². The maximum absolute atomic E-state index is 11.8. The van der Waals surface area contributed by atoms with Crippen molar-refractivity contribution < 1.29 is 4.79 Å². The summed E-state index contributed by atoms with van der Waals surface area (Å²) in [7, 11) is 0. The van der Waals surface area contributed by atoms with Crippen molar-refractivity contribution in [3.05, 3.63) is 45.9 Å². The lowest BCUT2D eigenvalue weighted by Gasteiger charge is -2.08. The Bertz CT molecular complexity index is 520. The van der Waals surface area contributed by atoms with Crippen LogP contribution in [0.1, 0.15) is 16.8 Å². The van der Waals surface area contributed by atoms with Crippen molar-refractivity contribution >= 4 is 22.9 Å². The molecule has 0 saturated carbocycles. The Morgan fingerprint density at radius 3 is 2.88 bits per heavy atom. The van der Waals surface area contributed by atoms with E-state index in [1.807, 2.05) is 31.4 Å². The van der Waals surface area contributed by atoms with E-state index < -0.39 is 0 Å². The summed E-state index contributed by atoms with van der Waals surface area (Å²) >= 11 is 1.50. The van der Waals surface area contributed by atoms with Gasteiger partial charge in [0.05, 0.1) is 17.6 Å². The van der Waals surface area contributed by atoms with Crippen molar-refractivity contribution in [3.8, 4) is 0 Å². The van der Waals surface area contributed by atoms with Gasteiger partial charge >= 0.3 is 0 Å². The minimum atomic E-state index is -0.0251. The molecular weight excluding hydrogens is 232 g/mol. The zero-order valence-electron chi connectivity index (χ0n) is 9.86. The van der Waals surface area contributed by atoms with Crippen LogP contribution in [0.5, 0.6) is 0 Å². The van der Waals surface area contributed by atoms with E-state index in [2.05, 4.69) is 16.4 Å². The quantitative estimate of drug-likeness (QED) is 0.904. The fraction of sp³-hybridized carbons (Fsp3) is 0.231. The standard InChI is InChI=1S/C13H14N2OS/c1-9-3-4-12(10(2)5-9)15-13(16)6-11-7-17-8-14-11/h3-5,7-8H,6H2,1-2H3,(H,15,16). The summed E-state index contributed by atoms with van der Waals surface area (Å²) in [5.41, 5.74) is 5.70. The van der Waals surface area contributed by atoms with Crippen molar-refractivity contribution in [1.82, 2.24) is 4.98 Å². The highest BCUT2D eigenvalue weighted by Gasteiger charge is 2.07. The van der Waals surface area contributed by atoms with Crippen LogP contribution in [0.15, 0.2) is 29.1 Å². The summed E-state index contributed by atoms with van der Waals surface area (Å²) < 4.78 is 0. The van der Waals surface area contributed by atoms with Crippen LogP contribution in [0, 0.1) is 13.8 Å². The monoisotopic (exact) mass is 246 g/mol. The molecule has 1 heterocycles. The van der Waals surface area contributed by atoms with Gasteiger partial charge in [-0.1, -0.05) is 17.7 Å². The third kappa shape index (κ3) is 3.14. The smallest absolute Gasteiger partial charge is 0.230 e. The van der Waals surface area contributed by atoms with Crippen LogP contribution >= 0.6 is 11.3 Å². The van der Waals surface area contributed by atoms with Crippen LogP contribution in [-0.4, -0.2) is 10.9 Å².